The molecule has 4 rings (SSSR count). The number of piperazine rings is 1. The van der Waals surface area contributed by atoms with E-state index in [1.165, 1.54) is 5.56 Å². The lowest BCUT2D eigenvalue weighted by Crippen LogP contribution is -2.70. The normalized spacial score (nSPS) is 18.1. The van der Waals surface area contributed by atoms with Crippen molar-refractivity contribution in [3.05, 3.63) is 59.7 Å². The second-order valence-corrected chi connectivity index (χ2v) is 9.56. The number of amides is 1. The highest BCUT2D eigenvalue weighted by molar-refractivity contribution is 5.85. The molecule has 1 saturated heterocycles. The highest BCUT2D eigenvalue weighted by Crippen LogP contribution is 2.32. The lowest BCUT2D eigenvalue weighted by molar-refractivity contribution is -0.907. The SMILES string of the molecule is COc1ccccc1CN1Cc2ccccc2N=C1N1CC[N+](C(=O)O)(C(C)(C)C)CC1. The molecule has 2 aliphatic rings. The zero-order valence-electron chi connectivity index (χ0n) is 19.4. The highest BCUT2D eigenvalue weighted by Gasteiger charge is 2.50. The van der Waals surface area contributed by atoms with Crippen molar-refractivity contribution in [2.45, 2.75) is 39.4 Å². The van der Waals surface area contributed by atoms with Crippen LogP contribution in [0, 0.1) is 0 Å². The standard InChI is InChI=1S/C25H32N4O3/c1-25(2,3)29(24(30)31)15-13-27(14-16-29)23-26-21-11-7-5-9-19(21)17-28(23)18-20-10-6-8-12-22(20)32-4/h5-12H,13-18H2,1-4H3/p+1. The number of ether oxygens (including phenoxy) is 1. The van der Waals surface area contributed by atoms with Gasteiger partial charge in [0.15, 0.2) is 0 Å². The first-order valence-corrected chi connectivity index (χ1v) is 11.1. The Labute approximate surface area is 190 Å². The van der Waals surface area contributed by atoms with Crippen LogP contribution in [0.2, 0.25) is 0 Å². The van der Waals surface area contributed by atoms with Crippen LogP contribution in [0.3, 0.4) is 0 Å². The summed E-state index contributed by atoms with van der Waals surface area (Å²) < 4.78 is 5.65. The van der Waals surface area contributed by atoms with Gasteiger partial charge in [-0.2, -0.15) is 4.79 Å². The molecule has 1 amide bonds. The molecular weight excluding hydrogens is 404 g/mol. The van der Waals surface area contributed by atoms with Gasteiger partial charge in [-0.05, 0) is 38.5 Å². The highest BCUT2D eigenvalue weighted by atomic mass is 16.5. The van der Waals surface area contributed by atoms with Gasteiger partial charge in [-0.3, -0.25) is 0 Å². The Morgan fingerprint density at radius 2 is 1.75 bits per heavy atom. The summed E-state index contributed by atoms with van der Waals surface area (Å²) in [6.07, 6.45) is -0.751. The van der Waals surface area contributed by atoms with Crippen LogP contribution in [0.1, 0.15) is 31.9 Å². The van der Waals surface area contributed by atoms with Crippen molar-refractivity contribution in [2.24, 2.45) is 4.99 Å². The fourth-order valence-electron chi connectivity index (χ4n) is 4.80. The maximum atomic E-state index is 12.2. The molecular formula is C25H33N4O3+. The quantitative estimate of drug-likeness (QED) is 0.725. The number of quaternary nitrogens is 1. The van der Waals surface area contributed by atoms with Gasteiger partial charge in [-0.25, -0.2) is 9.48 Å². The van der Waals surface area contributed by atoms with Crippen LogP contribution in [-0.2, 0) is 13.1 Å². The van der Waals surface area contributed by atoms with Crippen LogP contribution in [-0.4, -0.2) is 70.3 Å². The second kappa shape index (κ2) is 8.47. The number of para-hydroxylation sites is 2. The molecule has 0 atom stereocenters. The molecule has 0 saturated carbocycles. The number of fused-ring (bicyclic) bond motifs is 1. The number of benzene rings is 2. The van der Waals surface area contributed by atoms with Gasteiger partial charge < -0.3 is 19.6 Å². The molecule has 32 heavy (non-hydrogen) atoms. The van der Waals surface area contributed by atoms with E-state index in [-0.39, 0.29) is 10.0 Å². The van der Waals surface area contributed by atoms with E-state index in [1.807, 2.05) is 57.2 Å². The number of guanidine groups is 1. The van der Waals surface area contributed by atoms with Crippen molar-refractivity contribution in [1.29, 1.82) is 0 Å². The monoisotopic (exact) mass is 437 g/mol. The number of carbonyl (C=O) groups is 1. The molecule has 0 spiro atoms. The third kappa shape index (κ3) is 3.93. The summed E-state index contributed by atoms with van der Waals surface area (Å²) in [7, 11) is 1.69. The van der Waals surface area contributed by atoms with E-state index in [2.05, 4.69) is 21.9 Å². The Balaban J connectivity index is 1.64. The third-order valence-electron chi connectivity index (χ3n) is 6.85. The minimum Gasteiger partial charge on any atom is -0.496 e. The van der Waals surface area contributed by atoms with Gasteiger partial charge in [0.1, 0.15) is 24.4 Å². The average molecular weight is 438 g/mol. The predicted molar refractivity (Wildman–Crippen MR) is 125 cm³/mol. The molecule has 7 nitrogen and oxygen atoms in total. The molecule has 2 aliphatic heterocycles. The molecule has 0 aromatic heterocycles. The van der Waals surface area contributed by atoms with Crippen LogP contribution in [0.15, 0.2) is 53.5 Å². The Morgan fingerprint density at radius 3 is 2.41 bits per heavy atom. The van der Waals surface area contributed by atoms with Crippen molar-refractivity contribution in [1.82, 2.24) is 9.80 Å². The van der Waals surface area contributed by atoms with E-state index in [1.54, 1.807) is 7.11 Å². The molecule has 0 unspecified atom stereocenters. The summed E-state index contributed by atoms with van der Waals surface area (Å²) in [6, 6.07) is 16.3. The van der Waals surface area contributed by atoms with Gasteiger partial charge in [0.25, 0.3) is 0 Å². The zero-order chi connectivity index (χ0) is 22.9. The van der Waals surface area contributed by atoms with E-state index in [0.29, 0.717) is 32.7 Å². The molecule has 2 heterocycles. The van der Waals surface area contributed by atoms with Crippen molar-refractivity contribution < 1.29 is 19.1 Å². The first kappa shape index (κ1) is 22.1. The van der Waals surface area contributed by atoms with Gasteiger partial charge in [-0.15, -0.1) is 0 Å². The van der Waals surface area contributed by atoms with Crippen molar-refractivity contribution in [3.8, 4) is 5.75 Å². The number of hydrogen-bond acceptors (Lipinski definition) is 5. The summed E-state index contributed by atoms with van der Waals surface area (Å²) >= 11 is 0. The minimum atomic E-state index is -0.751. The van der Waals surface area contributed by atoms with E-state index < -0.39 is 6.09 Å². The van der Waals surface area contributed by atoms with Gasteiger partial charge in [0, 0.05) is 18.7 Å². The lowest BCUT2D eigenvalue weighted by atomic mass is 10.00. The number of methoxy groups -OCH3 is 1. The smallest absolute Gasteiger partial charge is 0.496 e. The van der Waals surface area contributed by atoms with Crippen LogP contribution >= 0.6 is 0 Å². The van der Waals surface area contributed by atoms with E-state index in [0.717, 1.165) is 29.5 Å². The first-order valence-electron chi connectivity index (χ1n) is 11.1. The maximum Gasteiger partial charge on any atom is 0.514 e. The van der Waals surface area contributed by atoms with Gasteiger partial charge in [0.2, 0.25) is 5.96 Å². The van der Waals surface area contributed by atoms with Crippen LogP contribution < -0.4 is 4.74 Å². The summed E-state index contributed by atoms with van der Waals surface area (Å²) in [4.78, 5) is 21.8. The molecule has 1 fully saturated rings. The number of hydrogen-bond donors (Lipinski definition) is 1. The molecule has 0 bridgehead atoms. The van der Waals surface area contributed by atoms with Gasteiger partial charge in [0.05, 0.1) is 25.9 Å². The topological polar surface area (TPSA) is 65.4 Å². The molecule has 2 aromatic rings. The first-order chi connectivity index (χ1) is 15.2. The molecule has 1 N–H and O–H groups in total. The maximum absolute atomic E-state index is 12.2. The Bertz CT molecular complexity index is 1020. The Hall–Kier alpha value is -3.06. The molecule has 2 aromatic carbocycles. The zero-order valence-corrected chi connectivity index (χ0v) is 19.4. The Kier molecular flexibility index (Phi) is 5.86. The minimum absolute atomic E-state index is 0.0693. The Morgan fingerprint density at radius 1 is 1.09 bits per heavy atom. The molecule has 0 aliphatic carbocycles. The van der Waals surface area contributed by atoms with Gasteiger partial charge >= 0.3 is 6.09 Å². The summed E-state index contributed by atoms with van der Waals surface area (Å²) in [6.45, 7) is 9.84. The summed E-state index contributed by atoms with van der Waals surface area (Å²) in [5, 5.41) is 10.1. The van der Waals surface area contributed by atoms with Crippen molar-refractivity contribution in [2.75, 3.05) is 33.3 Å². The van der Waals surface area contributed by atoms with E-state index in [9.17, 15) is 9.90 Å². The summed E-state index contributed by atoms with van der Waals surface area (Å²) in [5.74, 6) is 1.77. The average Bonchev–Trinajstić information content (AvgIpc) is 2.78. The van der Waals surface area contributed by atoms with Crippen molar-refractivity contribution >= 4 is 17.7 Å². The van der Waals surface area contributed by atoms with Crippen LogP contribution in [0.4, 0.5) is 10.5 Å². The fourth-order valence-corrected chi connectivity index (χ4v) is 4.80. The van der Waals surface area contributed by atoms with Crippen LogP contribution in [0.5, 0.6) is 5.75 Å². The molecule has 7 heteroatoms. The fraction of sp³-hybridized carbons (Fsp3) is 0.440. The number of carboxylic acid groups (broad SMARTS) is 1. The lowest BCUT2D eigenvalue weighted by Gasteiger charge is -2.49. The number of nitrogens with zero attached hydrogens (tertiary/aromatic N) is 4. The summed E-state index contributed by atoms with van der Waals surface area (Å²) in [5.41, 5.74) is 2.91. The molecule has 170 valence electrons. The van der Waals surface area contributed by atoms with E-state index >= 15 is 0 Å². The number of rotatable bonds is 3. The molecule has 0 radical (unpaired) electrons. The largest absolute Gasteiger partial charge is 0.514 e. The van der Waals surface area contributed by atoms with Gasteiger partial charge in [-0.1, -0.05) is 36.4 Å². The van der Waals surface area contributed by atoms with Crippen molar-refractivity contribution in [3.63, 3.8) is 0 Å². The van der Waals surface area contributed by atoms with Crippen LogP contribution in [0.25, 0.3) is 0 Å². The van der Waals surface area contributed by atoms with E-state index in [4.69, 9.17) is 9.73 Å². The third-order valence-corrected chi connectivity index (χ3v) is 6.85. The second-order valence-electron chi connectivity index (χ2n) is 9.56. The predicted octanol–water partition coefficient (Wildman–Crippen LogP) is 4.31. The number of aliphatic imine (C=N–C) groups is 1.